The SMILES string of the molecule is Cc1cc2nc(CCNCCC(C)C)[nH]c2cc1C. The van der Waals surface area contributed by atoms with Gasteiger partial charge >= 0.3 is 0 Å². The van der Waals surface area contributed by atoms with Gasteiger partial charge in [-0.05, 0) is 56.0 Å². The summed E-state index contributed by atoms with van der Waals surface area (Å²) in [5, 5.41) is 3.47. The number of imidazole rings is 1. The summed E-state index contributed by atoms with van der Waals surface area (Å²) in [5.74, 6) is 1.85. The zero-order valence-corrected chi connectivity index (χ0v) is 12.5. The second-order valence-electron chi connectivity index (χ2n) is 5.82. The molecule has 2 rings (SSSR count). The maximum Gasteiger partial charge on any atom is 0.108 e. The van der Waals surface area contributed by atoms with Gasteiger partial charge in [0.25, 0.3) is 0 Å². The molecule has 104 valence electrons. The van der Waals surface area contributed by atoms with Crippen LogP contribution in [0.3, 0.4) is 0 Å². The van der Waals surface area contributed by atoms with Gasteiger partial charge in [0, 0.05) is 13.0 Å². The Kier molecular flexibility index (Phi) is 4.59. The van der Waals surface area contributed by atoms with Crippen molar-refractivity contribution in [3.05, 3.63) is 29.1 Å². The number of nitrogens with zero attached hydrogens (tertiary/aromatic N) is 1. The van der Waals surface area contributed by atoms with Gasteiger partial charge < -0.3 is 10.3 Å². The van der Waals surface area contributed by atoms with Crippen molar-refractivity contribution in [3.8, 4) is 0 Å². The fourth-order valence-electron chi connectivity index (χ4n) is 2.16. The van der Waals surface area contributed by atoms with E-state index in [9.17, 15) is 0 Å². The van der Waals surface area contributed by atoms with Crippen molar-refractivity contribution in [1.29, 1.82) is 0 Å². The van der Waals surface area contributed by atoms with Crippen LogP contribution < -0.4 is 5.32 Å². The van der Waals surface area contributed by atoms with E-state index in [1.807, 2.05) is 0 Å². The number of rotatable bonds is 6. The van der Waals surface area contributed by atoms with Crippen LogP contribution in [0.5, 0.6) is 0 Å². The van der Waals surface area contributed by atoms with Crippen molar-refractivity contribution in [3.63, 3.8) is 0 Å². The van der Waals surface area contributed by atoms with E-state index >= 15 is 0 Å². The molecule has 19 heavy (non-hydrogen) atoms. The summed E-state index contributed by atoms with van der Waals surface area (Å²) in [6.07, 6.45) is 2.20. The van der Waals surface area contributed by atoms with E-state index in [1.54, 1.807) is 0 Å². The van der Waals surface area contributed by atoms with Crippen molar-refractivity contribution in [1.82, 2.24) is 15.3 Å². The number of hydrogen-bond donors (Lipinski definition) is 2. The van der Waals surface area contributed by atoms with Gasteiger partial charge in [0.2, 0.25) is 0 Å². The Balaban J connectivity index is 1.91. The molecule has 0 saturated carbocycles. The van der Waals surface area contributed by atoms with E-state index < -0.39 is 0 Å². The first-order valence-electron chi connectivity index (χ1n) is 7.23. The second-order valence-corrected chi connectivity index (χ2v) is 5.82. The molecule has 0 radical (unpaired) electrons. The van der Waals surface area contributed by atoms with Crippen molar-refractivity contribution in [2.24, 2.45) is 5.92 Å². The molecule has 0 atom stereocenters. The quantitative estimate of drug-likeness (QED) is 0.781. The minimum atomic E-state index is 0.768. The van der Waals surface area contributed by atoms with E-state index in [4.69, 9.17) is 0 Å². The van der Waals surface area contributed by atoms with E-state index in [-0.39, 0.29) is 0 Å². The first-order chi connectivity index (χ1) is 9.06. The fraction of sp³-hybridized carbons (Fsp3) is 0.562. The maximum atomic E-state index is 4.65. The average Bonchev–Trinajstić information content (AvgIpc) is 2.71. The Morgan fingerprint density at radius 2 is 1.89 bits per heavy atom. The monoisotopic (exact) mass is 259 g/mol. The largest absolute Gasteiger partial charge is 0.342 e. The van der Waals surface area contributed by atoms with E-state index in [0.717, 1.165) is 42.3 Å². The number of aromatic amines is 1. The predicted molar refractivity (Wildman–Crippen MR) is 81.6 cm³/mol. The zero-order valence-electron chi connectivity index (χ0n) is 12.5. The lowest BCUT2D eigenvalue weighted by molar-refractivity contribution is 0.537. The van der Waals surface area contributed by atoms with Crippen molar-refractivity contribution in [2.45, 2.75) is 40.5 Å². The topological polar surface area (TPSA) is 40.7 Å². The normalized spacial score (nSPS) is 11.6. The van der Waals surface area contributed by atoms with Crippen LogP contribution in [0.1, 0.15) is 37.2 Å². The Hall–Kier alpha value is -1.35. The van der Waals surface area contributed by atoms with Crippen LogP contribution in [0.4, 0.5) is 0 Å². The number of fused-ring (bicyclic) bond motifs is 1. The summed E-state index contributed by atoms with van der Waals surface area (Å²) in [6, 6.07) is 4.35. The fourth-order valence-corrected chi connectivity index (χ4v) is 2.16. The van der Waals surface area contributed by atoms with Crippen molar-refractivity contribution < 1.29 is 0 Å². The van der Waals surface area contributed by atoms with Crippen LogP contribution in [-0.2, 0) is 6.42 Å². The number of H-pyrrole nitrogens is 1. The van der Waals surface area contributed by atoms with Crippen LogP contribution in [-0.4, -0.2) is 23.1 Å². The van der Waals surface area contributed by atoms with Gasteiger partial charge in [-0.25, -0.2) is 4.98 Å². The predicted octanol–water partition coefficient (Wildman–Crippen LogP) is 3.36. The first-order valence-corrected chi connectivity index (χ1v) is 7.23. The zero-order chi connectivity index (χ0) is 13.8. The molecule has 2 N–H and O–H groups in total. The second kappa shape index (κ2) is 6.20. The molecule has 0 aliphatic heterocycles. The summed E-state index contributed by atoms with van der Waals surface area (Å²) in [4.78, 5) is 8.06. The van der Waals surface area contributed by atoms with Crippen LogP contribution in [0.15, 0.2) is 12.1 Å². The van der Waals surface area contributed by atoms with Gasteiger partial charge in [-0.15, -0.1) is 0 Å². The molecule has 0 unspecified atom stereocenters. The van der Waals surface area contributed by atoms with E-state index in [1.165, 1.54) is 17.5 Å². The van der Waals surface area contributed by atoms with Gasteiger partial charge in [0.1, 0.15) is 5.82 Å². The number of aromatic nitrogens is 2. The average molecular weight is 259 g/mol. The molecule has 0 aliphatic carbocycles. The smallest absolute Gasteiger partial charge is 0.108 e. The lowest BCUT2D eigenvalue weighted by Gasteiger charge is -2.05. The van der Waals surface area contributed by atoms with Crippen LogP contribution in [0.25, 0.3) is 11.0 Å². The molecule has 0 aliphatic rings. The number of aryl methyl sites for hydroxylation is 2. The molecular weight excluding hydrogens is 234 g/mol. The van der Waals surface area contributed by atoms with Gasteiger partial charge in [0.15, 0.2) is 0 Å². The minimum Gasteiger partial charge on any atom is -0.342 e. The van der Waals surface area contributed by atoms with Gasteiger partial charge in [-0.2, -0.15) is 0 Å². The Labute approximate surface area is 115 Å². The van der Waals surface area contributed by atoms with Gasteiger partial charge in [-0.3, -0.25) is 0 Å². The van der Waals surface area contributed by atoms with Crippen LogP contribution in [0.2, 0.25) is 0 Å². The molecule has 0 spiro atoms. The molecule has 0 amide bonds. The summed E-state index contributed by atoms with van der Waals surface area (Å²) in [6.45, 7) is 10.9. The van der Waals surface area contributed by atoms with Crippen LogP contribution in [0, 0.1) is 19.8 Å². The standard InChI is InChI=1S/C16H25N3/c1-11(2)5-7-17-8-6-16-18-14-9-12(3)13(4)10-15(14)19-16/h9-11,17H,5-8H2,1-4H3,(H,18,19). The molecule has 3 nitrogen and oxygen atoms in total. The van der Waals surface area contributed by atoms with E-state index in [0.29, 0.717) is 0 Å². The molecular formula is C16H25N3. The third-order valence-corrected chi connectivity index (χ3v) is 3.58. The number of hydrogen-bond acceptors (Lipinski definition) is 2. The molecule has 0 bridgehead atoms. The molecule has 1 aromatic carbocycles. The van der Waals surface area contributed by atoms with Crippen molar-refractivity contribution >= 4 is 11.0 Å². The summed E-state index contributed by atoms with van der Waals surface area (Å²) in [7, 11) is 0. The van der Waals surface area contributed by atoms with Crippen molar-refractivity contribution in [2.75, 3.05) is 13.1 Å². The highest BCUT2D eigenvalue weighted by Gasteiger charge is 2.04. The lowest BCUT2D eigenvalue weighted by Crippen LogP contribution is -2.20. The van der Waals surface area contributed by atoms with Gasteiger partial charge in [-0.1, -0.05) is 13.8 Å². The summed E-state index contributed by atoms with van der Waals surface area (Å²) < 4.78 is 0. The minimum absolute atomic E-state index is 0.768. The molecule has 3 heteroatoms. The maximum absolute atomic E-state index is 4.65. The van der Waals surface area contributed by atoms with Crippen LogP contribution >= 0.6 is 0 Å². The molecule has 0 fully saturated rings. The highest BCUT2D eigenvalue weighted by Crippen LogP contribution is 2.17. The highest BCUT2D eigenvalue weighted by molar-refractivity contribution is 5.77. The Morgan fingerprint density at radius 1 is 1.16 bits per heavy atom. The molecule has 1 aromatic heterocycles. The summed E-state index contributed by atoms with van der Waals surface area (Å²) >= 11 is 0. The highest BCUT2D eigenvalue weighted by atomic mass is 14.9. The molecule has 2 aromatic rings. The molecule has 0 saturated heterocycles. The first kappa shape index (κ1) is 14.1. The molecule has 1 heterocycles. The number of benzene rings is 1. The Bertz CT molecular complexity index is 501. The third-order valence-electron chi connectivity index (χ3n) is 3.58. The van der Waals surface area contributed by atoms with Gasteiger partial charge in [0.05, 0.1) is 11.0 Å². The third kappa shape index (κ3) is 3.80. The van der Waals surface area contributed by atoms with E-state index in [2.05, 4.69) is 55.1 Å². The Morgan fingerprint density at radius 3 is 2.63 bits per heavy atom. The number of nitrogens with one attached hydrogen (secondary N) is 2. The lowest BCUT2D eigenvalue weighted by atomic mass is 10.1. The summed E-state index contributed by atoms with van der Waals surface area (Å²) in [5.41, 5.74) is 4.86.